The van der Waals surface area contributed by atoms with Gasteiger partial charge in [-0.15, -0.1) is 0 Å². The molecule has 0 aliphatic heterocycles. The van der Waals surface area contributed by atoms with E-state index in [0.29, 0.717) is 0 Å². The molecular weight excluding hydrogens is 222 g/mol. The summed E-state index contributed by atoms with van der Waals surface area (Å²) in [7, 11) is 4.61. The van der Waals surface area contributed by atoms with Crippen molar-refractivity contribution in [3.05, 3.63) is 24.0 Å². The van der Waals surface area contributed by atoms with Crippen LogP contribution in [-0.4, -0.2) is 47.3 Å². The first-order valence-electron chi connectivity index (χ1n) is 5.01. The van der Waals surface area contributed by atoms with Crippen LogP contribution in [0.1, 0.15) is 5.56 Å². The number of amides is 1. The highest BCUT2D eigenvalue weighted by Gasteiger charge is 2.09. The molecule has 0 saturated carbocycles. The van der Waals surface area contributed by atoms with E-state index < -0.39 is 5.97 Å². The largest absolute Gasteiger partial charge is 0.468 e. The standard InChI is InChI=1S/C11H15N3O3/c1-13(8-11(16)17-3)10(15)5-4-9-6-12-14(2)7-9/h4-7H,8H2,1-3H3. The Morgan fingerprint density at radius 2 is 2.29 bits per heavy atom. The second kappa shape index (κ2) is 5.83. The number of esters is 1. The molecule has 6 heteroatoms. The molecule has 0 saturated heterocycles. The number of methoxy groups -OCH3 is 1. The van der Waals surface area contributed by atoms with E-state index in [-0.39, 0.29) is 12.5 Å². The number of nitrogens with zero attached hydrogens (tertiary/aromatic N) is 3. The number of carbonyl (C=O) groups is 2. The fraction of sp³-hybridized carbons (Fsp3) is 0.364. The topological polar surface area (TPSA) is 64.4 Å². The summed E-state index contributed by atoms with van der Waals surface area (Å²) in [5.74, 6) is -0.713. The molecule has 0 spiro atoms. The van der Waals surface area contributed by atoms with Crippen LogP contribution in [0, 0.1) is 0 Å². The molecule has 0 atom stereocenters. The summed E-state index contributed by atoms with van der Waals surface area (Å²) >= 11 is 0. The lowest BCUT2D eigenvalue weighted by atomic mass is 10.3. The van der Waals surface area contributed by atoms with Crippen LogP contribution >= 0.6 is 0 Å². The first-order chi connectivity index (χ1) is 8.02. The monoisotopic (exact) mass is 237 g/mol. The Balaban J connectivity index is 2.54. The Morgan fingerprint density at radius 3 is 2.82 bits per heavy atom. The van der Waals surface area contributed by atoms with Gasteiger partial charge in [-0.1, -0.05) is 0 Å². The molecule has 6 nitrogen and oxygen atoms in total. The summed E-state index contributed by atoms with van der Waals surface area (Å²) in [4.78, 5) is 23.8. The van der Waals surface area contributed by atoms with Gasteiger partial charge in [0.1, 0.15) is 6.54 Å². The van der Waals surface area contributed by atoms with Crippen LogP contribution in [0.3, 0.4) is 0 Å². The van der Waals surface area contributed by atoms with Crippen LogP contribution < -0.4 is 0 Å². The van der Waals surface area contributed by atoms with Crippen molar-refractivity contribution in [3.63, 3.8) is 0 Å². The van der Waals surface area contributed by atoms with Gasteiger partial charge >= 0.3 is 5.97 Å². The smallest absolute Gasteiger partial charge is 0.325 e. The van der Waals surface area contributed by atoms with E-state index in [1.807, 2.05) is 0 Å². The molecule has 1 amide bonds. The summed E-state index contributed by atoms with van der Waals surface area (Å²) in [5, 5.41) is 3.97. The molecule has 0 bridgehead atoms. The van der Waals surface area contributed by atoms with Gasteiger partial charge in [0.05, 0.1) is 13.3 Å². The zero-order valence-electron chi connectivity index (χ0n) is 10.1. The van der Waals surface area contributed by atoms with Gasteiger partial charge in [0.2, 0.25) is 5.91 Å². The van der Waals surface area contributed by atoms with E-state index in [2.05, 4.69) is 9.84 Å². The predicted molar refractivity (Wildman–Crippen MR) is 61.9 cm³/mol. The van der Waals surface area contributed by atoms with Crippen molar-refractivity contribution in [1.29, 1.82) is 0 Å². The van der Waals surface area contributed by atoms with Crippen LogP contribution in [-0.2, 0) is 21.4 Å². The Hall–Kier alpha value is -2.11. The Morgan fingerprint density at radius 1 is 1.59 bits per heavy atom. The van der Waals surface area contributed by atoms with Crippen LogP contribution in [0.5, 0.6) is 0 Å². The summed E-state index contributed by atoms with van der Waals surface area (Å²) in [6.45, 7) is -0.0628. The maximum atomic E-state index is 11.6. The van der Waals surface area contributed by atoms with Crippen molar-refractivity contribution in [1.82, 2.24) is 14.7 Å². The molecule has 0 aliphatic carbocycles. The van der Waals surface area contributed by atoms with Crippen LogP contribution in [0.2, 0.25) is 0 Å². The fourth-order valence-electron chi connectivity index (χ4n) is 1.16. The molecule has 0 unspecified atom stereocenters. The van der Waals surface area contributed by atoms with Gasteiger partial charge < -0.3 is 9.64 Å². The number of aryl methyl sites for hydroxylation is 1. The van der Waals surface area contributed by atoms with E-state index >= 15 is 0 Å². The quantitative estimate of drug-likeness (QED) is 0.549. The number of rotatable bonds is 4. The summed E-state index contributed by atoms with van der Waals surface area (Å²) in [6.07, 6.45) is 6.46. The first kappa shape index (κ1) is 13.0. The van der Waals surface area contributed by atoms with Gasteiger partial charge in [-0.05, 0) is 6.08 Å². The van der Waals surface area contributed by atoms with E-state index in [9.17, 15) is 9.59 Å². The average molecular weight is 237 g/mol. The molecule has 1 aromatic rings. The predicted octanol–water partition coefficient (Wildman–Crippen LogP) is 0.0647. The second-order valence-corrected chi connectivity index (χ2v) is 3.55. The molecule has 0 N–H and O–H groups in total. The summed E-state index contributed by atoms with van der Waals surface area (Å²) < 4.78 is 6.11. The number of carbonyl (C=O) groups excluding carboxylic acids is 2. The maximum absolute atomic E-state index is 11.6. The van der Waals surface area contributed by atoms with Gasteiger partial charge in [0, 0.05) is 31.9 Å². The maximum Gasteiger partial charge on any atom is 0.325 e. The minimum Gasteiger partial charge on any atom is -0.468 e. The normalized spacial score (nSPS) is 10.5. The number of hydrogen-bond acceptors (Lipinski definition) is 4. The fourth-order valence-corrected chi connectivity index (χ4v) is 1.16. The molecule has 0 aliphatic rings. The molecule has 0 fully saturated rings. The third kappa shape index (κ3) is 4.10. The summed E-state index contributed by atoms with van der Waals surface area (Å²) in [6, 6.07) is 0. The minimum absolute atomic E-state index is 0.0628. The number of ether oxygens (including phenoxy) is 1. The lowest BCUT2D eigenvalue weighted by Gasteiger charge is -2.12. The van der Waals surface area contributed by atoms with Crippen molar-refractivity contribution in [2.75, 3.05) is 20.7 Å². The van der Waals surface area contributed by atoms with Crippen molar-refractivity contribution >= 4 is 18.0 Å². The van der Waals surface area contributed by atoms with Crippen molar-refractivity contribution < 1.29 is 14.3 Å². The van der Waals surface area contributed by atoms with E-state index in [1.165, 1.54) is 25.1 Å². The minimum atomic E-state index is -0.448. The van der Waals surface area contributed by atoms with Gasteiger partial charge in [0.25, 0.3) is 0 Å². The highest BCUT2D eigenvalue weighted by molar-refractivity contribution is 5.93. The number of likely N-dealkylation sites (N-methyl/N-ethyl adjacent to an activating group) is 1. The third-order valence-electron chi connectivity index (χ3n) is 2.11. The van der Waals surface area contributed by atoms with Crippen LogP contribution in [0.4, 0.5) is 0 Å². The second-order valence-electron chi connectivity index (χ2n) is 3.55. The zero-order valence-corrected chi connectivity index (χ0v) is 10.1. The SMILES string of the molecule is COC(=O)CN(C)C(=O)C=Cc1cnn(C)c1. The van der Waals surface area contributed by atoms with E-state index in [0.717, 1.165) is 5.56 Å². The lowest BCUT2D eigenvalue weighted by molar-refractivity contribution is -0.144. The molecule has 1 aromatic heterocycles. The number of hydrogen-bond donors (Lipinski definition) is 0. The van der Waals surface area contributed by atoms with Gasteiger partial charge in [0.15, 0.2) is 0 Å². The number of aromatic nitrogens is 2. The molecule has 92 valence electrons. The van der Waals surface area contributed by atoms with Crippen LogP contribution in [0.25, 0.3) is 6.08 Å². The first-order valence-corrected chi connectivity index (χ1v) is 5.01. The third-order valence-corrected chi connectivity index (χ3v) is 2.11. The average Bonchev–Trinajstić information content (AvgIpc) is 2.71. The Bertz CT molecular complexity index is 437. The van der Waals surface area contributed by atoms with Gasteiger partial charge in [-0.25, -0.2) is 0 Å². The van der Waals surface area contributed by atoms with E-state index in [4.69, 9.17) is 0 Å². The highest BCUT2D eigenvalue weighted by atomic mass is 16.5. The van der Waals surface area contributed by atoms with Crippen LogP contribution in [0.15, 0.2) is 18.5 Å². The van der Waals surface area contributed by atoms with Gasteiger partial charge in [-0.2, -0.15) is 5.10 Å². The van der Waals surface area contributed by atoms with Crippen molar-refractivity contribution in [3.8, 4) is 0 Å². The van der Waals surface area contributed by atoms with Crippen molar-refractivity contribution in [2.24, 2.45) is 7.05 Å². The lowest BCUT2D eigenvalue weighted by Crippen LogP contribution is -2.31. The molecule has 1 rings (SSSR count). The summed E-state index contributed by atoms with van der Waals surface area (Å²) in [5.41, 5.74) is 0.826. The highest BCUT2D eigenvalue weighted by Crippen LogP contribution is 2.00. The van der Waals surface area contributed by atoms with Gasteiger partial charge in [-0.3, -0.25) is 14.3 Å². The molecule has 0 radical (unpaired) electrons. The molecule has 1 heterocycles. The molecule has 0 aromatic carbocycles. The zero-order chi connectivity index (χ0) is 12.8. The molecular formula is C11H15N3O3. The Kier molecular flexibility index (Phi) is 4.45. The van der Waals surface area contributed by atoms with E-state index in [1.54, 1.807) is 30.2 Å². The molecule has 17 heavy (non-hydrogen) atoms. The Labute approximate surface area is 99.5 Å². The van der Waals surface area contributed by atoms with Crippen molar-refractivity contribution in [2.45, 2.75) is 0 Å².